The van der Waals surface area contributed by atoms with E-state index in [1.165, 1.54) is 12.2 Å². The van der Waals surface area contributed by atoms with Crippen molar-refractivity contribution in [1.82, 2.24) is 5.32 Å². The SMILES string of the molecule is C[C@H](NC(=O)COC(=O)/C=C/c1ccc(Cl)cc1Cl)c1cccc(Cl)c1. The molecule has 0 aliphatic carbocycles. The second-order valence-electron chi connectivity index (χ2n) is 5.45. The van der Waals surface area contributed by atoms with Crippen molar-refractivity contribution in [3.05, 3.63) is 74.7 Å². The maximum atomic E-state index is 11.9. The van der Waals surface area contributed by atoms with Crippen molar-refractivity contribution >= 4 is 52.8 Å². The Labute approximate surface area is 166 Å². The first-order valence-electron chi connectivity index (χ1n) is 7.70. The number of halogens is 3. The third-order valence-electron chi connectivity index (χ3n) is 3.43. The highest BCUT2D eigenvalue weighted by atomic mass is 35.5. The average Bonchev–Trinajstić information content (AvgIpc) is 2.59. The summed E-state index contributed by atoms with van der Waals surface area (Å²) in [7, 11) is 0. The van der Waals surface area contributed by atoms with Crippen LogP contribution in [-0.4, -0.2) is 18.5 Å². The monoisotopic (exact) mass is 411 g/mol. The van der Waals surface area contributed by atoms with Gasteiger partial charge in [0, 0.05) is 21.1 Å². The van der Waals surface area contributed by atoms with E-state index in [4.69, 9.17) is 39.5 Å². The van der Waals surface area contributed by atoms with Crippen molar-refractivity contribution in [2.75, 3.05) is 6.61 Å². The van der Waals surface area contributed by atoms with Crippen LogP contribution in [0.3, 0.4) is 0 Å². The maximum Gasteiger partial charge on any atom is 0.331 e. The molecule has 0 aliphatic heterocycles. The highest BCUT2D eigenvalue weighted by Crippen LogP contribution is 2.22. The molecule has 0 unspecified atom stereocenters. The molecule has 1 N–H and O–H groups in total. The predicted octanol–water partition coefficient (Wildman–Crippen LogP) is 5.08. The van der Waals surface area contributed by atoms with E-state index in [9.17, 15) is 9.59 Å². The van der Waals surface area contributed by atoms with Gasteiger partial charge in [-0.25, -0.2) is 4.79 Å². The minimum Gasteiger partial charge on any atom is -0.452 e. The second-order valence-corrected chi connectivity index (χ2v) is 6.73. The molecule has 1 atom stereocenters. The number of nitrogens with one attached hydrogen (secondary N) is 1. The molecule has 0 radical (unpaired) electrons. The number of esters is 1. The van der Waals surface area contributed by atoms with E-state index >= 15 is 0 Å². The van der Waals surface area contributed by atoms with E-state index in [0.29, 0.717) is 20.6 Å². The molecular formula is C19H16Cl3NO3. The van der Waals surface area contributed by atoms with Gasteiger partial charge < -0.3 is 10.1 Å². The Morgan fingerprint density at radius 3 is 2.54 bits per heavy atom. The number of rotatable bonds is 6. The molecule has 0 heterocycles. The highest BCUT2D eigenvalue weighted by Gasteiger charge is 2.11. The van der Waals surface area contributed by atoms with Crippen LogP contribution in [0.4, 0.5) is 0 Å². The van der Waals surface area contributed by atoms with Crippen LogP contribution >= 0.6 is 34.8 Å². The molecular weight excluding hydrogens is 397 g/mol. The lowest BCUT2D eigenvalue weighted by Gasteiger charge is -2.14. The number of hydrogen-bond acceptors (Lipinski definition) is 3. The van der Waals surface area contributed by atoms with Gasteiger partial charge in [0.2, 0.25) is 0 Å². The molecule has 0 bridgehead atoms. The van der Waals surface area contributed by atoms with E-state index in [-0.39, 0.29) is 12.6 Å². The van der Waals surface area contributed by atoms with Crippen molar-refractivity contribution in [2.24, 2.45) is 0 Å². The summed E-state index contributed by atoms with van der Waals surface area (Å²) in [4.78, 5) is 23.6. The predicted molar refractivity (Wildman–Crippen MR) is 104 cm³/mol. The van der Waals surface area contributed by atoms with Crippen LogP contribution in [0.1, 0.15) is 24.1 Å². The molecule has 4 nitrogen and oxygen atoms in total. The normalized spacial score (nSPS) is 12.0. The Morgan fingerprint density at radius 2 is 1.85 bits per heavy atom. The van der Waals surface area contributed by atoms with Gasteiger partial charge >= 0.3 is 5.97 Å². The second kappa shape index (κ2) is 9.62. The summed E-state index contributed by atoms with van der Waals surface area (Å²) >= 11 is 17.7. The summed E-state index contributed by atoms with van der Waals surface area (Å²) < 4.78 is 4.92. The van der Waals surface area contributed by atoms with Crippen molar-refractivity contribution < 1.29 is 14.3 Å². The standard InChI is InChI=1S/C19H16Cl3NO3/c1-12(14-3-2-4-15(20)9-14)23-18(24)11-26-19(25)8-6-13-5-7-16(21)10-17(13)22/h2-10,12H,11H2,1H3,(H,23,24)/b8-6+/t12-/m0/s1. The molecule has 0 fully saturated rings. The fourth-order valence-corrected chi connectivity index (χ4v) is 2.79. The number of benzene rings is 2. The van der Waals surface area contributed by atoms with Crippen LogP contribution in [0, 0.1) is 0 Å². The lowest BCUT2D eigenvalue weighted by atomic mass is 10.1. The number of carbonyl (C=O) groups is 2. The van der Waals surface area contributed by atoms with Gasteiger partial charge in [-0.3, -0.25) is 4.79 Å². The quantitative estimate of drug-likeness (QED) is 0.531. The Kier molecular flexibility index (Phi) is 7.51. The molecule has 2 aromatic carbocycles. The van der Waals surface area contributed by atoms with Gasteiger partial charge in [0.25, 0.3) is 5.91 Å². The smallest absolute Gasteiger partial charge is 0.331 e. The van der Waals surface area contributed by atoms with Gasteiger partial charge in [0.1, 0.15) is 0 Å². The zero-order valence-electron chi connectivity index (χ0n) is 13.8. The van der Waals surface area contributed by atoms with E-state index < -0.39 is 11.9 Å². The lowest BCUT2D eigenvalue weighted by molar-refractivity contribution is -0.144. The van der Waals surface area contributed by atoms with Crippen molar-refractivity contribution in [3.8, 4) is 0 Å². The zero-order chi connectivity index (χ0) is 19.1. The number of carbonyl (C=O) groups excluding carboxylic acids is 2. The molecule has 2 aromatic rings. The Hall–Kier alpha value is -2.01. The molecule has 0 saturated heterocycles. The van der Waals surface area contributed by atoms with Crippen LogP contribution in [0.25, 0.3) is 6.08 Å². The minimum absolute atomic E-state index is 0.261. The van der Waals surface area contributed by atoms with Crippen LogP contribution < -0.4 is 5.32 Å². The average molecular weight is 413 g/mol. The molecule has 0 aliphatic rings. The first-order valence-corrected chi connectivity index (χ1v) is 8.83. The summed E-state index contributed by atoms with van der Waals surface area (Å²) in [6, 6.07) is 11.8. The summed E-state index contributed by atoms with van der Waals surface area (Å²) in [5, 5.41) is 4.23. The van der Waals surface area contributed by atoms with Crippen LogP contribution in [0.5, 0.6) is 0 Å². The van der Waals surface area contributed by atoms with Crippen LogP contribution in [-0.2, 0) is 14.3 Å². The third-order valence-corrected chi connectivity index (χ3v) is 4.23. The Balaban J connectivity index is 1.83. The molecule has 0 aromatic heterocycles. The Bertz CT molecular complexity index is 837. The molecule has 0 spiro atoms. The summed E-state index contributed by atoms with van der Waals surface area (Å²) in [6.45, 7) is 1.43. The Morgan fingerprint density at radius 1 is 1.12 bits per heavy atom. The maximum absolute atomic E-state index is 11.9. The van der Waals surface area contributed by atoms with Crippen molar-refractivity contribution in [2.45, 2.75) is 13.0 Å². The van der Waals surface area contributed by atoms with Crippen LogP contribution in [0.2, 0.25) is 15.1 Å². The van der Waals surface area contributed by atoms with E-state index in [2.05, 4.69) is 5.32 Å². The minimum atomic E-state index is -0.651. The molecule has 2 rings (SSSR count). The van der Waals surface area contributed by atoms with Gasteiger partial charge in [-0.2, -0.15) is 0 Å². The molecule has 1 amide bonds. The summed E-state index contributed by atoms with van der Waals surface area (Å²) in [5.41, 5.74) is 1.47. The van der Waals surface area contributed by atoms with Gasteiger partial charge in [0.05, 0.1) is 6.04 Å². The summed E-state index contributed by atoms with van der Waals surface area (Å²) in [6.07, 6.45) is 2.69. The molecule has 7 heteroatoms. The number of ether oxygens (including phenoxy) is 1. The lowest BCUT2D eigenvalue weighted by Crippen LogP contribution is -2.30. The fraction of sp³-hybridized carbons (Fsp3) is 0.158. The van der Waals surface area contributed by atoms with Gasteiger partial charge in [-0.05, 0) is 48.4 Å². The summed E-state index contributed by atoms with van der Waals surface area (Å²) in [5.74, 6) is -1.06. The first-order chi connectivity index (χ1) is 12.3. The molecule has 26 heavy (non-hydrogen) atoms. The van der Waals surface area contributed by atoms with Crippen molar-refractivity contribution in [1.29, 1.82) is 0 Å². The zero-order valence-corrected chi connectivity index (χ0v) is 16.1. The van der Waals surface area contributed by atoms with E-state index in [1.54, 1.807) is 36.4 Å². The number of amides is 1. The fourth-order valence-electron chi connectivity index (χ4n) is 2.12. The molecule has 136 valence electrons. The van der Waals surface area contributed by atoms with Gasteiger partial charge in [-0.15, -0.1) is 0 Å². The third kappa shape index (κ3) is 6.37. The largest absolute Gasteiger partial charge is 0.452 e. The first kappa shape index (κ1) is 20.3. The van der Waals surface area contributed by atoms with E-state index in [1.807, 2.05) is 13.0 Å². The number of hydrogen-bond donors (Lipinski definition) is 1. The molecule has 0 saturated carbocycles. The van der Waals surface area contributed by atoms with E-state index in [0.717, 1.165) is 5.56 Å². The van der Waals surface area contributed by atoms with Crippen LogP contribution in [0.15, 0.2) is 48.5 Å². The topological polar surface area (TPSA) is 55.4 Å². The highest BCUT2D eigenvalue weighted by molar-refractivity contribution is 6.35. The van der Waals surface area contributed by atoms with Gasteiger partial charge in [0.15, 0.2) is 6.61 Å². The van der Waals surface area contributed by atoms with Gasteiger partial charge in [-0.1, -0.05) is 53.0 Å². The van der Waals surface area contributed by atoms with Crippen molar-refractivity contribution in [3.63, 3.8) is 0 Å².